The fourth-order valence-electron chi connectivity index (χ4n) is 4.52. The van der Waals surface area contributed by atoms with Gasteiger partial charge < -0.3 is 10.2 Å². The second kappa shape index (κ2) is 14.9. The molecule has 3 aromatic carbocycles. The number of nitrogens with one attached hydrogen (secondary N) is 1. The van der Waals surface area contributed by atoms with Crippen molar-refractivity contribution in [3.63, 3.8) is 0 Å². The summed E-state index contributed by atoms with van der Waals surface area (Å²) in [7, 11) is -3.56. The van der Waals surface area contributed by atoms with Crippen LogP contribution in [-0.2, 0) is 32.6 Å². The number of sulfonamides is 1. The molecule has 1 atom stereocenters. The first kappa shape index (κ1) is 31.2. The molecular weight excluding hydrogens is 546 g/mol. The van der Waals surface area contributed by atoms with E-state index in [9.17, 15) is 18.0 Å². The van der Waals surface area contributed by atoms with Gasteiger partial charge in [-0.1, -0.05) is 79.2 Å². The molecule has 0 bridgehead atoms. The van der Waals surface area contributed by atoms with Gasteiger partial charge in [0.2, 0.25) is 21.8 Å². The lowest BCUT2D eigenvalue weighted by Gasteiger charge is -2.32. The van der Waals surface area contributed by atoms with Gasteiger partial charge in [-0.3, -0.25) is 13.9 Å². The van der Waals surface area contributed by atoms with Crippen molar-refractivity contribution in [3.05, 3.63) is 101 Å². The summed E-state index contributed by atoms with van der Waals surface area (Å²) in [6.45, 7) is 4.66. The van der Waals surface area contributed by atoms with E-state index in [1.165, 1.54) is 4.31 Å². The van der Waals surface area contributed by atoms with Crippen molar-refractivity contribution in [2.24, 2.45) is 0 Å². The maximum atomic E-state index is 13.8. The zero-order valence-electron chi connectivity index (χ0n) is 23.3. The molecule has 0 aliphatic rings. The molecule has 40 heavy (non-hydrogen) atoms. The Hall–Kier alpha value is -3.36. The van der Waals surface area contributed by atoms with E-state index in [1.54, 1.807) is 23.1 Å². The van der Waals surface area contributed by atoms with Gasteiger partial charge in [-0.25, -0.2) is 8.42 Å². The lowest BCUT2D eigenvalue weighted by atomic mass is 10.0. The number of benzene rings is 3. The number of amides is 2. The number of hydrogen-bond donors (Lipinski definition) is 1. The van der Waals surface area contributed by atoms with Gasteiger partial charge in [0, 0.05) is 37.5 Å². The molecule has 3 rings (SSSR count). The summed E-state index contributed by atoms with van der Waals surface area (Å²) in [5.74, 6) is -0.478. The number of anilines is 1. The van der Waals surface area contributed by atoms with Crippen molar-refractivity contribution in [1.82, 2.24) is 10.2 Å². The molecule has 9 heteroatoms. The molecule has 0 fully saturated rings. The number of hydrogen-bond acceptors (Lipinski definition) is 4. The molecule has 214 valence electrons. The summed E-state index contributed by atoms with van der Waals surface area (Å²) < 4.78 is 26.5. The first-order valence-electron chi connectivity index (χ1n) is 13.5. The second-order valence-electron chi connectivity index (χ2n) is 9.89. The fraction of sp³-hybridized carbons (Fsp3) is 0.355. The number of nitrogens with zero attached hydrogens (tertiary/aromatic N) is 2. The summed E-state index contributed by atoms with van der Waals surface area (Å²) in [5.41, 5.74) is 3.16. The van der Waals surface area contributed by atoms with Gasteiger partial charge in [0.15, 0.2) is 0 Å². The van der Waals surface area contributed by atoms with Crippen LogP contribution in [0, 0.1) is 6.92 Å². The Kier molecular flexibility index (Phi) is 11.6. The normalized spacial score (nSPS) is 12.0. The number of aryl methyl sites for hydroxylation is 1. The molecule has 0 aromatic heterocycles. The van der Waals surface area contributed by atoms with Crippen LogP contribution in [0.15, 0.2) is 78.9 Å². The molecule has 0 saturated heterocycles. The lowest BCUT2D eigenvalue weighted by molar-refractivity contribution is -0.141. The van der Waals surface area contributed by atoms with Crippen molar-refractivity contribution in [3.8, 4) is 0 Å². The summed E-state index contributed by atoms with van der Waals surface area (Å²) >= 11 is 6.47. The molecule has 0 saturated carbocycles. The molecule has 0 radical (unpaired) electrons. The van der Waals surface area contributed by atoms with Crippen molar-refractivity contribution in [2.75, 3.05) is 23.7 Å². The summed E-state index contributed by atoms with van der Waals surface area (Å²) in [4.78, 5) is 28.8. The molecule has 0 heterocycles. The molecule has 2 amide bonds. The highest BCUT2D eigenvalue weighted by Gasteiger charge is 2.30. The Morgan fingerprint density at radius 1 is 0.975 bits per heavy atom. The van der Waals surface area contributed by atoms with Crippen LogP contribution >= 0.6 is 11.6 Å². The highest BCUT2D eigenvalue weighted by atomic mass is 35.5. The van der Waals surface area contributed by atoms with Gasteiger partial charge in [-0.05, 0) is 54.7 Å². The lowest BCUT2D eigenvalue weighted by Crippen LogP contribution is -2.50. The fourth-order valence-corrected chi connectivity index (χ4v) is 5.67. The van der Waals surface area contributed by atoms with Crippen molar-refractivity contribution in [1.29, 1.82) is 0 Å². The average Bonchev–Trinajstić information content (AvgIpc) is 2.92. The van der Waals surface area contributed by atoms with E-state index < -0.39 is 16.1 Å². The van der Waals surface area contributed by atoms with E-state index in [1.807, 2.05) is 74.5 Å². The van der Waals surface area contributed by atoms with Crippen LogP contribution < -0.4 is 9.62 Å². The highest BCUT2D eigenvalue weighted by molar-refractivity contribution is 7.92. The smallest absolute Gasteiger partial charge is 0.243 e. The molecule has 0 aliphatic heterocycles. The Morgan fingerprint density at radius 3 is 2.33 bits per heavy atom. The van der Waals surface area contributed by atoms with Crippen LogP contribution in [0.4, 0.5) is 5.69 Å². The predicted octanol–water partition coefficient (Wildman–Crippen LogP) is 5.36. The van der Waals surface area contributed by atoms with E-state index in [0.29, 0.717) is 23.7 Å². The molecule has 0 spiro atoms. The zero-order valence-corrected chi connectivity index (χ0v) is 24.9. The van der Waals surface area contributed by atoms with Gasteiger partial charge in [-0.15, -0.1) is 0 Å². The molecular formula is C31H38ClN3O4S. The van der Waals surface area contributed by atoms with Crippen molar-refractivity contribution in [2.45, 2.75) is 52.1 Å². The minimum absolute atomic E-state index is 0.0641. The van der Waals surface area contributed by atoms with Crippen LogP contribution in [0.1, 0.15) is 42.9 Å². The van der Waals surface area contributed by atoms with E-state index in [4.69, 9.17) is 11.6 Å². The van der Waals surface area contributed by atoms with Crippen LogP contribution in [0.25, 0.3) is 0 Å². The average molecular weight is 584 g/mol. The quantitative estimate of drug-likeness (QED) is 0.277. The second-order valence-corrected chi connectivity index (χ2v) is 12.2. The Balaban J connectivity index is 1.88. The maximum absolute atomic E-state index is 13.8. The van der Waals surface area contributed by atoms with Gasteiger partial charge in [0.05, 0.1) is 11.9 Å². The van der Waals surface area contributed by atoms with Crippen molar-refractivity contribution < 1.29 is 18.0 Å². The topological polar surface area (TPSA) is 86.8 Å². The third-order valence-electron chi connectivity index (χ3n) is 6.56. The molecule has 1 unspecified atom stereocenters. The summed E-state index contributed by atoms with van der Waals surface area (Å²) in [5, 5.41) is 3.47. The predicted molar refractivity (Wildman–Crippen MR) is 162 cm³/mol. The van der Waals surface area contributed by atoms with Crippen molar-refractivity contribution >= 4 is 39.1 Å². The largest absolute Gasteiger partial charge is 0.354 e. The van der Waals surface area contributed by atoms with E-state index in [-0.39, 0.29) is 37.7 Å². The molecule has 0 aliphatic carbocycles. The van der Waals surface area contributed by atoms with Crippen LogP contribution in [-0.4, -0.2) is 50.5 Å². The monoisotopic (exact) mass is 583 g/mol. The minimum atomic E-state index is -3.56. The van der Waals surface area contributed by atoms with Gasteiger partial charge in [-0.2, -0.15) is 0 Å². The minimum Gasteiger partial charge on any atom is -0.354 e. The third kappa shape index (κ3) is 9.10. The number of carbonyl (C=O) groups excluding carboxylic acids is 2. The number of halogens is 1. The Bertz CT molecular complexity index is 1380. The third-order valence-corrected chi connectivity index (χ3v) is 8.12. The molecule has 3 aromatic rings. The summed E-state index contributed by atoms with van der Waals surface area (Å²) in [6, 6.07) is 23.3. The van der Waals surface area contributed by atoms with E-state index in [2.05, 4.69) is 5.32 Å². The van der Waals surface area contributed by atoms with Gasteiger partial charge in [0.25, 0.3) is 0 Å². The van der Waals surface area contributed by atoms with Crippen LogP contribution in [0.2, 0.25) is 5.02 Å². The Morgan fingerprint density at radius 2 is 1.68 bits per heavy atom. The van der Waals surface area contributed by atoms with Crippen LogP contribution in [0.3, 0.4) is 0 Å². The maximum Gasteiger partial charge on any atom is 0.243 e. The molecule has 7 nitrogen and oxygen atoms in total. The van der Waals surface area contributed by atoms with Gasteiger partial charge >= 0.3 is 0 Å². The standard InChI is InChI=1S/C31H38ClN3O4S/c1-4-19-33-31(37)29(22-25-13-6-5-7-14-25)34(23-26-15-8-9-17-28(26)32)30(36)18-11-20-35(40(3,38)39)27-16-10-12-24(2)21-27/h5-10,12-17,21,29H,4,11,18-20,22-23H2,1-3H3,(H,33,37). The van der Waals surface area contributed by atoms with Crippen LogP contribution in [0.5, 0.6) is 0 Å². The first-order valence-corrected chi connectivity index (χ1v) is 15.7. The number of rotatable bonds is 14. The highest BCUT2D eigenvalue weighted by Crippen LogP contribution is 2.23. The summed E-state index contributed by atoms with van der Waals surface area (Å²) in [6.07, 6.45) is 2.62. The number of carbonyl (C=O) groups is 2. The van der Waals surface area contributed by atoms with E-state index in [0.717, 1.165) is 29.4 Å². The first-order chi connectivity index (χ1) is 19.1. The SMILES string of the molecule is CCCNC(=O)C(Cc1ccccc1)N(Cc1ccccc1Cl)C(=O)CCCN(c1cccc(C)c1)S(C)(=O)=O. The Labute approximate surface area is 243 Å². The van der Waals surface area contributed by atoms with E-state index >= 15 is 0 Å². The van der Waals surface area contributed by atoms with Gasteiger partial charge in [0.1, 0.15) is 6.04 Å². The molecule has 1 N–H and O–H groups in total. The zero-order chi connectivity index (χ0) is 29.1.